The molecule has 0 fully saturated rings. The summed E-state index contributed by atoms with van der Waals surface area (Å²) in [5.41, 5.74) is 8.02. The number of benzene rings is 2. The second-order valence-electron chi connectivity index (χ2n) is 6.20. The van der Waals surface area contributed by atoms with Gasteiger partial charge >= 0.3 is 6.03 Å². The van der Waals surface area contributed by atoms with E-state index >= 15 is 0 Å². The Morgan fingerprint density at radius 2 is 1.57 bits per heavy atom. The van der Waals surface area contributed by atoms with Gasteiger partial charge in [0.25, 0.3) is 0 Å². The fraction of sp³-hybridized carbons (Fsp3) is 0.105. The van der Waals surface area contributed by atoms with Gasteiger partial charge in [-0.15, -0.1) is 0 Å². The molecule has 0 spiro atoms. The van der Waals surface area contributed by atoms with Gasteiger partial charge in [0.05, 0.1) is 11.4 Å². The number of nitrogens with two attached hydrogens (primary N) is 1. The van der Waals surface area contributed by atoms with Crippen LogP contribution in [0.1, 0.15) is 5.69 Å². The first kappa shape index (κ1) is 19.3. The topological polar surface area (TPSA) is 127 Å². The first-order valence-corrected chi connectivity index (χ1v) is 10.4. The standard InChI is InChI=1S/C19H19N5O3S/c1-28(26,27)12-16-11-17(20)24-18(21-16)13-7-9-15(10-8-13)23-19(25)22-14-5-3-2-4-6-14/h2-11H,12H2,1H3,(H2,20,21,24)(H2,22,23,25). The lowest BCUT2D eigenvalue weighted by Crippen LogP contribution is -2.19. The normalized spacial score (nSPS) is 11.0. The number of hydrogen-bond donors (Lipinski definition) is 3. The fourth-order valence-electron chi connectivity index (χ4n) is 2.51. The van der Waals surface area contributed by atoms with Crippen molar-refractivity contribution >= 4 is 33.1 Å². The van der Waals surface area contributed by atoms with Gasteiger partial charge in [-0.3, -0.25) is 0 Å². The number of carbonyl (C=O) groups excluding carboxylic acids is 1. The number of aromatic nitrogens is 2. The summed E-state index contributed by atoms with van der Waals surface area (Å²) >= 11 is 0. The highest BCUT2D eigenvalue weighted by Gasteiger charge is 2.11. The maximum absolute atomic E-state index is 12.0. The van der Waals surface area contributed by atoms with Crippen LogP contribution < -0.4 is 16.4 Å². The second kappa shape index (κ2) is 8.05. The zero-order valence-electron chi connectivity index (χ0n) is 15.1. The Morgan fingerprint density at radius 3 is 2.18 bits per heavy atom. The highest BCUT2D eigenvalue weighted by Crippen LogP contribution is 2.20. The SMILES string of the molecule is CS(=O)(=O)Cc1cc(N)nc(-c2ccc(NC(=O)Nc3ccccc3)cc2)n1. The van der Waals surface area contributed by atoms with Crippen molar-refractivity contribution in [3.8, 4) is 11.4 Å². The van der Waals surface area contributed by atoms with Gasteiger partial charge in [-0.1, -0.05) is 18.2 Å². The third-order valence-corrected chi connectivity index (χ3v) is 4.46. The molecule has 2 amide bonds. The molecule has 0 bridgehead atoms. The lowest BCUT2D eigenvalue weighted by Gasteiger charge is -2.09. The van der Waals surface area contributed by atoms with Crippen molar-refractivity contribution < 1.29 is 13.2 Å². The quantitative estimate of drug-likeness (QED) is 0.607. The van der Waals surface area contributed by atoms with E-state index in [0.29, 0.717) is 28.5 Å². The molecule has 3 aromatic rings. The average molecular weight is 397 g/mol. The predicted molar refractivity (Wildman–Crippen MR) is 110 cm³/mol. The first-order chi connectivity index (χ1) is 13.3. The van der Waals surface area contributed by atoms with Crippen molar-refractivity contribution in [3.05, 3.63) is 66.4 Å². The van der Waals surface area contributed by atoms with Crippen molar-refractivity contribution in [1.82, 2.24) is 9.97 Å². The maximum atomic E-state index is 12.0. The summed E-state index contributed by atoms with van der Waals surface area (Å²) in [6.07, 6.45) is 1.13. The number of para-hydroxylation sites is 1. The molecule has 4 N–H and O–H groups in total. The Hall–Kier alpha value is -3.46. The van der Waals surface area contributed by atoms with Crippen LogP contribution in [0.4, 0.5) is 22.0 Å². The molecule has 3 rings (SSSR count). The second-order valence-corrected chi connectivity index (χ2v) is 8.34. The van der Waals surface area contributed by atoms with Crippen molar-refractivity contribution in [1.29, 1.82) is 0 Å². The van der Waals surface area contributed by atoms with Gasteiger partial charge in [0.2, 0.25) is 0 Å². The van der Waals surface area contributed by atoms with E-state index in [0.717, 1.165) is 6.26 Å². The monoisotopic (exact) mass is 397 g/mol. The summed E-state index contributed by atoms with van der Waals surface area (Å²) in [6.45, 7) is 0. The van der Waals surface area contributed by atoms with E-state index in [-0.39, 0.29) is 17.6 Å². The molecule has 8 nitrogen and oxygen atoms in total. The number of carbonyl (C=O) groups is 1. The van der Waals surface area contributed by atoms with Crippen molar-refractivity contribution in [2.24, 2.45) is 0 Å². The smallest absolute Gasteiger partial charge is 0.323 e. The Labute approximate surface area is 162 Å². The largest absolute Gasteiger partial charge is 0.384 e. The van der Waals surface area contributed by atoms with Crippen LogP contribution in [0.3, 0.4) is 0 Å². The summed E-state index contributed by atoms with van der Waals surface area (Å²) in [4.78, 5) is 20.5. The van der Waals surface area contributed by atoms with Crippen LogP contribution in [0.15, 0.2) is 60.7 Å². The lowest BCUT2D eigenvalue weighted by atomic mass is 10.2. The van der Waals surface area contributed by atoms with Gasteiger partial charge in [0, 0.05) is 29.3 Å². The van der Waals surface area contributed by atoms with Crippen LogP contribution in [-0.4, -0.2) is 30.7 Å². The van der Waals surface area contributed by atoms with Crippen LogP contribution in [0.5, 0.6) is 0 Å². The molecule has 0 aliphatic rings. The van der Waals surface area contributed by atoms with Crippen molar-refractivity contribution in [3.63, 3.8) is 0 Å². The molecule has 0 atom stereocenters. The number of hydrogen-bond acceptors (Lipinski definition) is 6. The highest BCUT2D eigenvalue weighted by atomic mass is 32.2. The highest BCUT2D eigenvalue weighted by molar-refractivity contribution is 7.89. The third kappa shape index (κ3) is 5.52. The Balaban J connectivity index is 1.73. The average Bonchev–Trinajstić information content (AvgIpc) is 2.61. The molecule has 1 heterocycles. The maximum Gasteiger partial charge on any atom is 0.323 e. The molecule has 0 aliphatic heterocycles. The summed E-state index contributed by atoms with van der Waals surface area (Å²) in [5, 5.41) is 5.45. The van der Waals surface area contributed by atoms with E-state index in [1.165, 1.54) is 6.07 Å². The van der Waals surface area contributed by atoms with Gasteiger partial charge < -0.3 is 16.4 Å². The summed E-state index contributed by atoms with van der Waals surface area (Å²) in [7, 11) is -3.24. The molecule has 9 heteroatoms. The van der Waals surface area contributed by atoms with Gasteiger partial charge in [-0.25, -0.2) is 23.2 Å². The Kier molecular flexibility index (Phi) is 5.55. The van der Waals surface area contributed by atoms with E-state index in [9.17, 15) is 13.2 Å². The van der Waals surface area contributed by atoms with E-state index in [1.54, 1.807) is 36.4 Å². The van der Waals surface area contributed by atoms with Crippen molar-refractivity contribution in [2.45, 2.75) is 5.75 Å². The van der Waals surface area contributed by atoms with Gasteiger partial charge in [0.1, 0.15) is 5.82 Å². The van der Waals surface area contributed by atoms with E-state index in [4.69, 9.17) is 5.73 Å². The molecule has 0 radical (unpaired) electrons. The summed E-state index contributed by atoms with van der Waals surface area (Å²) in [6, 6.07) is 17.0. The number of rotatable bonds is 5. The van der Waals surface area contributed by atoms with Crippen LogP contribution >= 0.6 is 0 Å². The lowest BCUT2D eigenvalue weighted by molar-refractivity contribution is 0.262. The molecule has 28 heavy (non-hydrogen) atoms. The summed E-state index contributed by atoms with van der Waals surface area (Å²) in [5.74, 6) is 0.290. The van der Waals surface area contributed by atoms with Crippen LogP contribution in [-0.2, 0) is 15.6 Å². The van der Waals surface area contributed by atoms with Crippen LogP contribution in [0.2, 0.25) is 0 Å². The molecular formula is C19H19N5O3S. The number of nitrogens with one attached hydrogen (secondary N) is 2. The number of urea groups is 1. The Bertz CT molecular complexity index is 1080. The minimum absolute atomic E-state index is 0.188. The fourth-order valence-corrected chi connectivity index (χ4v) is 3.19. The zero-order valence-corrected chi connectivity index (χ0v) is 15.9. The molecule has 0 unspecified atom stereocenters. The van der Waals surface area contributed by atoms with Crippen LogP contribution in [0.25, 0.3) is 11.4 Å². The third-order valence-electron chi connectivity index (χ3n) is 3.64. The summed E-state index contributed by atoms with van der Waals surface area (Å²) < 4.78 is 23.0. The predicted octanol–water partition coefficient (Wildman–Crippen LogP) is 2.91. The van der Waals surface area contributed by atoms with Gasteiger partial charge in [-0.05, 0) is 36.4 Å². The molecular weight excluding hydrogens is 378 g/mol. The molecule has 2 aromatic carbocycles. The number of sulfone groups is 1. The zero-order chi connectivity index (χ0) is 20.1. The Morgan fingerprint density at radius 1 is 0.964 bits per heavy atom. The van der Waals surface area contributed by atoms with E-state index in [1.807, 2.05) is 18.2 Å². The van der Waals surface area contributed by atoms with E-state index < -0.39 is 9.84 Å². The number of nitrogen functional groups attached to an aromatic ring is 1. The minimum atomic E-state index is -3.24. The molecule has 144 valence electrons. The molecule has 0 aliphatic carbocycles. The molecule has 0 saturated heterocycles. The van der Waals surface area contributed by atoms with Gasteiger partial charge in [0.15, 0.2) is 15.7 Å². The minimum Gasteiger partial charge on any atom is -0.384 e. The van der Waals surface area contributed by atoms with E-state index in [2.05, 4.69) is 20.6 Å². The number of amides is 2. The van der Waals surface area contributed by atoms with Crippen LogP contribution in [0, 0.1) is 0 Å². The van der Waals surface area contributed by atoms with Crippen molar-refractivity contribution in [2.75, 3.05) is 22.6 Å². The molecule has 0 saturated carbocycles. The number of anilines is 3. The molecule has 1 aromatic heterocycles. The van der Waals surface area contributed by atoms with Gasteiger partial charge in [-0.2, -0.15) is 0 Å². The first-order valence-electron chi connectivity index (χ1n) is 8.33. The number of nitrogens with zero attached hydrogens (tertiary/aromatic N) is 2.